The number of nitrogens with one attached hydrogen (secondary N) is 4. The summed E-state index contributed by atoms with van der Waals surface area (Å²) in [4.78, 5) is 12.1. The number of hydrogen-bond donors (Lipinski definition) is 4. The van der Waals surface area contributed by atoms with E-state index in [-0.39, 0.29) is 29.9 Å². The van der Waals surface area contributed by atoms with E-state index in [2.05, 4.69) is 21.5 Å². The fraction of sp³-hybridized carbons (Fsp3) is 0.562. The van der Waals surface area contributed by atoms with Crippen molar-refractivity contribution < 1.29 is 13.9 Å². The van der Waals surface area contributed by atoms with Gasteiger partial charge in [0.05, 0.1) is 11.8 Å². The summed E-state index contributed by atoms with van der Waals surface area (Å²) >= 11 is 0. The van der Waals surface area contributed by atoms with E-state index in [1.165, 1.54) is 6.07 Å². The van der Waals surface area contributed by atoms with Crippen LogP contribution in [0.25, 0.3) is 0 Å². The van der Waals surface area contributed by atoms with Crippen LogP contribution in [-0.4, -0.2) is 37.2 Å². The predicted octanol–water partition coefficient (Wildman–Crippen LogP) is 1.61. The summed E-state index contributed by atoms with van der Waals surface area (Å²) in [7, 11) is 0. The highest BCUT2D eigenvalue weighted by Gasteiger charge is 2.26. The molecular formula is C16H23FN4O2. The minimum absolute atomic E-state index is 0.150. The molecule has 0 spiro atoms. The van der Waals surface area contributed by atoms with Crippen molar-refractivity contribution in [2.75, 3.05) is 23.8 Å². The average Bonchev–Trinajstić information content (AvgIpc) is 3.18. The van der Waals surface area contributed by atoms with Gasteiger partial charge in [-0.15, -0.1) is 0 Å². The van der Waals surface area contributed by atoms with Crippen molar-refractivity contribution in [3.63, 3.8) is 0 Å². The first-order valence-electron chi connectivity index (χ1n) is 8.09. The van der Waals surface area contributed by atoms with E-state index in [1.54, 1.807) is 12.1 Å². The van der Waals surface area contributed by atoms with Crippen LogP contribution in [0, 0.1) is 5.82 Å². The van der Waals surface area contributed by atoms with E-state index in [9.17, 15) is 9.18 Å². The quantitative estimate of drug-likeness (QED) is 0.663. The first-order valence-corrected chi connectivity index (χ1v) is 8.09. The fourth-order valence-corrected chi connectivity index (χ4v) is 2.88. The molecule has 2 aliphatic rings. The molecule has 1 amide bonds. The molecule has 4 N–H and O–H groups in total. The Balaban J connectivity index is 1.54. The maximum Gasteiger partial charge on any atom is 0.242 e. The summed E-state index contributed by atoms with van der Waals surface area (Å²) in [5.41, 5.74) is 6.79. The zero-order valence-electron chi connectivity index (χ0n) is 13.2. The van der Waals surface area contributed by atoms with Crippen molar-refractivity contribution >= 4 is 17.3 Å². The minimum Gasteiger partial charge on any atom is -0.380 e. The van der Waals surface area contributed by atoms with E-state index in [0.717, 1.165) is 19.4 Å². The molecule has 0 aliphatic carbocycles. The Hall–Kier alpha value is -1.70. The number of ether oxygens (including phenoxy) is 1. The summed E-state index contributed by atoms with van der Waals surface area (Å²) in [5.74, 6) is -0.548. The van der Waals surface area contributed by atoms with Gasteiger partial charge in [-0.3, -0.25) is 10.2 Å². The second kappa shape index (κ2) is 7.25. The summed E-state index contributed by atoms with van der Waals surface area (Å²) in [6.07, 6.45) is 2.92. The molecule has 2 aliphatic heterocycles. The smallest absolute Gasteiger partial charge is 0.242 e. The Morgan fingerprint density at radius 1 is 1.43 bits per heavy atom. The van der Waals surface area contributed by atoms with Gasteiger partial charge < -0.3 is 15.4 Å². The molecule has 6 nitrogen and oxygen atoms in total. The van der Waals surface area contributed by atoms with Crippen LogP contribution in [0.4, 0.5) is 15.8 Å². The van der Waals surface area contributed by atoms with Gasteiger partial charge in [0.25, 0.3) is 0 Å². The number of benzene rings is 1. The summed E-state index contributed by atoms with van der Waals surface area (Å²) in [5, 5.41) is 5.80. The molecule has 126 valence electrons. The molecule has 3 unspecified atom stereocenters. The largest absolute Gasteiger partial charge is 0.380 e. The fourth-order valence-electron chi connectivity index (χ4n) is 2.88. The van der Waals surface area contributed by atoms with Crippen LogP contribution in [0.3, 0.4) is 0 Å². The molecule has 0 bridgehead atoms. The lowest BCUT2D eigenvalue weighted by atomic mass is 10.1. The van der Waals surface area contributed by atoms with Crippen LogP contribution in [0.5, 0.6) is 0 Å². The van der Waals surface area contributed by atoms with Gasteiger partial charge in [-0.2, -0.15) is 0 Å². The van der Waals surface area contributed by atoms with Gasteiger partial charge in [-0.1, -0.05) is 0 Å². The van der Waals surface area contributed by atoms with E-state index >= 15 is 0 Å². The highest BCUT2D eigenvalue weighted by Crippen LogP contribution is 2.21. The minimum atomic E-state index is -0.383. The molecule has 7 heteroatoms. The molecule has 0 aromatic heterocycles. The average molecular weight is 322 g/mol. The molecule has 1 aromatic carbocycles. The van der Waals surface area contributed by atoms with Gasteiger partial charge in [0.15, 0.2) is 0 Å². The van der Waals surface area contributed by atoms with Crippen molar-refractivity contribution in [1.82, 2.24) is 10.9 Å². The maximum atomic E-state index is 14.1. The molecule has 0 saturated carbocycles. The highest BCUT2D eigenvalue weighted by atomic mass is 19.1. The molecular weight excluding hydrogens is 299 g/mol. The molecule has 3 rings (SSSR count). The van der Waals surface area contributed by atoms with E-state index in [1.807, 2.05) is 6.92 Å². The normalized spacial score (nSPS) is 27.1. The predicted molar refractivity (Wildman–Crippen MR) is 86.6 cm³/mol. The maximum absolute atomic E-state index is 14.1. The number of anilines is 2. The number of rotatable bonds is 5. The van der Waals surface area contributed by atoms with Crippen molar-refractivity contribution in [1.29, 1.82) is 0 Å². The first-order chi connectivity index (χ1) is 11.1. The summed E-state index contributed by atoms with van der Waals surface area (Å²) in [6.45, 7) is 3.37. The number of carbonyl (C=O) groups is 1. The SMILES string of the molecule is CC1CC(C(=O)Nc2ccc(NCC3CCCO3)c(F)c2)NN1. The molecule has 0 radical (unpaired) electrons. The Labute approximate surface area is 135 Å². The van der Waals surface area contributed by atoms with Crippen LogP contribution in [-0.2, 0) is 9.53 Å². The number of amides is 1. The molecule has 2 fully saturated rings. The molecule has 3 atom stereocenters. The Morgan fingerprint density at radius 3 is 2.96 bits per heavy atom. The van der Waals surface area contributed by atoms with Crippen molar-refractivity contribution in [2.45, 2.75) is 44.4 Å². The Bertz CT molecular complexity index is 563. The lowest BCUT2D eigenvalue weighted by molar-refractivity contribution is -0.117. The Kier molecular flexibility index (Phi) is 5.09. The van der Waals surface area contributed by atoms with E-state index < -0.39 is 0 Å². The van der Waals surface area contributed by atoms with Gasteiger partial charge in [0, 0.05) is 24.9 Å². The van der Waals surface area contributed by atoms with Gasteiger partial charge in [0.1, 0.15) is 11.9 Å². The molecule has 2 saturated heterocycles. The number of hydrazine groups is 1. The van der Waals surface area contributed by atoms with Crippen LogP contribution in [0.2, 0.25) is 0 Å². The number of halogens is 1. The topological polar surface area (TPSA) is 74.4 Å². The summed E-state index contributed by atoms with van der Waals surface area (Å²) < 4.78 is 19.6. The molecule has 1 aromatic rings. The van der Waals surface area contributed by atoms with Gasteiger partial charge in [0.2, 0.25) is 5.91 Å². The van der Waals surface area contributed by atoms with E-state index in [4.69, 9.17) is 4.74 Å². The first kappa shape index (κ1) is 16.2. The second-order valence-corrected chi connectivity index (χ2v) is 6.18. The standard InChI is InChI=1S/C16H23FN4O2/c1-10-7-15(21-20-10)16(22)19-11-4-5-14(13(17)8-11)18-9-12-3-2-6-23-12/h4-5,8,10,12,15,18,20-21H,2-3,6-7,9H2,1H3,(H,19,22). The third-order valence-corrected chi connectivity index (χ3v) is 4.19. The van der Waals surface area contributed by atoms with Crippen LogP contribution >= 0.6 is 0 Å². The summed E-state index contributed by atoms with van der Waals surface area (Å²) in [6, 6.07) is 4.62. The number of carbonyl (C=O) groups excluding carboxylic acids is 1. The van der Waals surface area contributed by atoms with Crippen LogP contribution in [0.1, 0.15) is 26.2 Å². The Morgan fingerprint density at radius 2 is 2.30 bits per heavy atom. The van der Waals surface area contributed by atoms with Crippen LogP contribution in [0.15, 0.2) is 18.2 Å². The second-order valence-electron chi connectivity index (χ2n) is 6.18. The third-order valence-electron chi connectivity index (χ3n) is 4.19. The van der Waals surface area contributed by atoms with Crippen molar-refractivity contribution in [3.8, 4) is 0 Å². The number of hydrogen-bond acceptors (Lipinski definition) is 5. The van der Waals surface area contributed by atoms with Crippen molar-refractivity contribution in [3.05, 3.63) is 24.0 Å². The lowest BCUT2D eigenvalue weighted by Crippen LogP contribution is -2.39. The van der Waals surface area contributed by atoms with Gasteiger partial charge in [-0.25, -0.2) is 9.82 Å². The zero-order chi connectivity index (χ0) is 16.2. The zero-order valence-corrected chi connectivity index (χ0v) is 13.2. The molecule has 23 heavy (non-hydrogen) atoms. The lowest BCUT2D eigenvalue weighted by Gasteiger charge is -2.14. The monoisotopic (exact) mass is 322 g/mol. The highest BCUT2D eigenvalue weighted by molar-refractivity contribution is 5.95. The van der Waals surface area contributed by atoms with Crippen molar-refractivity contribution in [2.24, 2.45) is 0 Å². The third kappa shape index (κ3) is 4.19. The molecule has 2 heterocycles. The van der Waals surface area contributed by atoms with Gasteiger partial charge in [-0.05, 0) is 44.4 Å². The van der Waals surface area contributed by atoms with Crippen LogP contribution < -0.4 is 21.5 Å². The van der Waals surface area contributed by atoms with E-state index in [0.29, 0.717) is 24.3 Å². The van der Waals surface area contributed by atoms with Gasteiger partial charge >= 0.3 is 0 Å².